The van der Waals surface area contributed by atoms with Crippen LogP contribution in [-0.2, 0) is 20.5 Å². The molecule has 8 heteroatoms. The number of alkyl halides is 3. The van der Waals surface area contributed by atoms with Crippen LogP contribution < -0.4 is 4.72 Å². The molecule has 0 saturated carbocycles. The number of halogens is 3. The maximum Gasteiger partial charge on any atom is 0.405 e. The summed E-state index contributed by atoms with van der Waals surface area (Å²) in [5.41, 5.74) is -0.534. The summed E-state index contributed by atoms with van der Waals surface area (Å²) in [6.45, 7) is 13.4. The smallest absolute Gasteiger partial charge is 0.405 e. The molecule has 0 saturated heterocycles. The zero-order valence-electron chi connectivity index (χ0n) is 16.4. The first kappa shape index (κ1) is 24.4. The van der Waals surface area contributed by atoms with Crippen LogP contribution in [0, 0.1) is 11.3 Å². The van der Waals surface area contributed by atoms with Crippen molar-refractivity contribution in [3.63, 3.8) is 0 Å². The molecule has 1 unspecified atom stereocenters. The molecular formula is C17H32F3NO3S. The van der Waals surface area contributed by atoms with Gasteiger partial charge in [-0.05, 0) is 46.0 Å². The summed E-state index contributed by atoms with van der Waals surface area (Å²) in [7, 11) is -1.97. The average Bonchev–Trinajstić information content (AvgIpc) is 2.38. The second-order valence-corrected chi connectivity index (χ2v) is 10.5. The molecule has 0 aromatic heterocycles. The van der Waals surface area contributed by atoms with Gasteiger partial charge >= 0.3 is 12.1 Å². The normalized spacial score (nSPS) is 18.4. The molecule has 0 aromatic carbocycles. The minimum atomic E-state index is -4.73. The van der Waals surface area contributed by atoms with E-state index in [1.54, 1.807) is 55.4 Å². The van der Waals surface area contributed by atoms with Gasteiger partial charge < -0.3 is 4.74 Å². The van der Waals surface area contributed by atoms with Crippen LogP contribution in [0.1, 0.15) is 68.2 Å². The van der Waals surface area contributed by atoms with E-state index in [0.717, 1.165) is 0 Å². The van der Waals surface area contributed by atoms with E-state index in [2.05, 4.69) is 4.72 Å². The number of esters is 1. The molecule has 0 aliphatic heterocycles. The van der Waals surface area contributed by atoms with Crippen LogP contribution in [0.15, 0.2) is 0 Å². The fourth-order valence-electron chi connectivity index (χ4n) is 2.04. The third kappa shape index (κ3) is 9.03. The molecule has 4 nitrogen and oxygen atoms in total. The van der Waals surface area contributed by atoms with Crippen molar-refractivity contribution in [1.29, 1.82) is 0 Å². The van der Waals surface area contributed by atoms with Gasteiger partial charge in [0, 0.05) is 0 Å². The lowest BCUT2D eigenvalue weighted by molar-refractivity contribution is -0.183. The van der Waals surface area contributed by atoms with E-state index >= 15 is 0 Å². The van der Waals surface area contributed by atoms with E-state index in [1.165, 1.54) is 0 Å². The number of nitrogens with one attached hydrogen (secondary N) is 1. The van der Waals surface area contributed by atoms with E-state index in [4.69, 9.17) is 4.74 Å². The van der Waals surface area contributed by atoms with E-state index in [1.807, 2.05) is 0 Å². The lowest BCUT2D eigenvalue weighted by Gasteiger charge is -2.34. The second-order valence-electron chi connectivity index (χ2n) is 8.55. The molecule has 0 heterocycles. The highest BCUT2D eigenvalue weighted by atomic mass is 32.2. The predicted molar refractivity (Wildman–Crippen MR) is 94.3 cm³/mol. The van der Waals surface area contributed by atoms with Crippen molar-refractivity contribution in [3.05, 3.63) is 0 Å². The number of hydrogen-bond donors (Lipinski definition) is 1. The minimum absolute atomic E-state index is 0.0409. The quantitative estimate of drug-likeness (QED) is 0.660. The Bertz CT molecular complexity index is 467. The maximum absolute atomic E-state index is 13.7. The number of carbonyl (C=O) groups excluding carboxylic acids is 1. The Balaban J connectivity index is 5.75. The first-order valence-electron chi connectivity index (χ1n) is 8.44. The van der Waals surface area contributed by atoms with Gasteiger partial charge in [-0.15, -0.1) is 0 Å². The Hall–Kier alpha value is -0.630. The molecule has 1 N–H and O–H groups in total. The first-order chi connectivity index (χ1) is 11.0. The van der Waals surface area contributed by atoms with E-state index in [0.29, 0.717) is 6.42 Å². The molecule has 25 heavy (non-hydrogen) atoms. The molecule has 0 spiro atoms. The van der Waals surface area contributed by atoms with Crippen LogP contribution in [0.25, 0.3) is 0 Å². The van der Waals surface area contributed by atoms with Crippen molar-refractivity contribution >= 4 is 17.0 Å². The zero-order chi connectivity index (χ0) is 20.2. The van der Waals surface area contributed by atoms with Crippen molar-refractivity contribution in [2.24, 2.45) is 11.3 Å². The van der Waals surface area contributed by atoms with Crippen molar-refractivity contribution in [2.75, 3.05) is 0 Å². The second kappa shape index (κ2) is 8.84. The topological polar surface area (TPSA) is 55.4 Å². The standard InChI is InChI=1S/C17H32F3NO3S/c1-9-11(2)24-14(22)12(10-15(3,4)5)13(17(18,19)20)21-25(23)16(6,7)8/h11-13,21H,9-10H2,1-8H3/t11?,12-,13-,25-/m0/s1. The largest absolute Gasteiger partial charge is 0.462 e. The van der Waals surface area contributed by atoms with Crippen molar-refractivity contribution in [2.45, 2.75) is 91.3 Å². The monoisotopic (exact) mass is 387 g/mol. The van der Waals surface area contributed by atoms with Gasteiger partial charge in [0.05, 0.1) is 27.8 Å². The summed E-state index contributed by atoms with van der Waals surface area (Å²) in [5, 5.41) is 0. The predicted octanol–water partition coefficient (Wildman–Crippen LogP) is 4.36. The highest BCUT2D eigenvalue weighted by Gasteiger charge is 2.50. The third-order valence-corrected chi connectivity index (χ3v) is 5.15. The number of rotatable bonds is 7. The number of carbonyl (C=O) groups is 1. The highest BCUT2D eigenvalue weighted by Crippen LogP contribution is 2.35. The molecular weight excluding hydrogens is 355 g/mol. The van der Waals surface area contributed by atoms with Crippen LogP contribution in [0.2, 0.25) is 0 Å². The molecule has 0 aromatic rings. The fraction of sp³-hybridized carbons (Fsp3) is 0.941. The van der Waals surface area contributed by atoms with Crippen molar-refractivity contribution in [1.82, 2.24) is 4.72 Å². The highest BCUT2D eigenvalue weighted by molar-refractivity contribution is 7.84. The molecule has 0 radical (unpaired) electrons. The Morgan fingerprint density at radius 1 is 1.12 bits per heavy atom. The molecule has 0 aliphatic carbocycles. The van der Waals surface area contributed by atoms with Crippen molar-refractivity contribution < 1.29 is 26.9 Å². The fourth-order valence-corrected chi connectivity index (χ4v) is 2.92. The molecule has 150 valence electrons. The molecule has 0 aliphatic rings. The third-order valence-electron chi connectivity index (χ3n) is 3.57. The van der Waals surface area contributed by atoms with Gasteiger partial charge in [-0.1, -0.05) is 27.7 Å². The Labute approximate surface area is 151 Å². The van der Waals surface area contributed by atoms with Gasteiger partial charge in [-0.25, -0.2) is 8.93 Å². The van der Waals surface area contributed by atoms with Gasteiger partial charge in [0.1, 0.15) is 6.04 Å². The van der Waals surface area contributed by atoms with Gasteiger partial charge in [-0.3, -0.25) is 4.79 Å². The van der Waals surface area contributed by atoms with Crippen molar-refractivity contribution in [3.8, 4) is 0 Å². The number of ether oxygens (including phenoxy) is 1. The van der Waals surface area contributed by atoms with Gasteiger partial charge in [0.15, 0.2) is 0 Å². The van der Waals surface area contributed by atoms with Crippen LogP contribution in [0.3, 0.4) is 0 Å². The van der Waals surface area contributed by atoms with Gasteiger partial charge in [0.2, 0.25) is 0 Å². The zero-order valence-corrected chi connectivity index (χ0v) is 17.2. The van der Waals surface area contributed by atoms with Crippen LogP contribution in [0.4, 0.5) is 13.2 Å². The molecule has 4 atom stereocenters. The summed E-state index contributed by atoms with van der Waals surface area (Å²) in [4.78, 5) is 12.4. The summed E-state index contributed by atoms with van der Waals surface area (Å²) < 4.78 is 59.7. The average molecular weight is 388 g/mol. The summed E-state index contributed by atoms with van der Waals surface area (Å²) in [5.74, 6) is -2.38. The van der Waals surface area contributed by atoms with Gasteiger partial charge in [0.25, 0.3) is 0 Å². The first-order valence-corrected chi connectivity index (χ1v) is 9.59. The van der Waals surface area contributed by atoms with E-state index in [9.17, 15) is 22.2 Å². The van der Waals surface area contributed by atoms with Gasteiger partial charge in [-0.2, -0.15) is 13.2 Å². The maximum atomic E-state index is 13.7. The number of hydrogen-bond acceptors (Lipinski definition) is 3. The summed E-state index contributed by atoms with van der Waals surface area (Å²) in [6.07, 6.45) is -4.74. The molecule has 0 bridgehead atoms. The lowest BCUT2D eigenvalue weighted by Crippen LogP contribution is -2.54. The SMILES string of the molecule is CCC(C)OC(=O)[C@@H](CC(C)(C)C)[C@H](N[S@@](=O)C(C)(C)C)C(F)(F)F. The lowest BCUT2D eigenvalue weighted by atomic mass is 9.81. The molecule has 0 rings (SSSR count). The Morgan fingerprint density at radius 3 is 1.92 bits per heavy atom. The van der Waals surface area contributed by atoms with Crippen LogP contribution >= 0.6 is 0 Å². The Morgan fingerprint density at radius 2 is 1.60 bits per heavy atom. The minimum Gasteiger partial charge on any atom is -0.462 e. The van der Waals surface area contributed by atoms with Crippen LogP contribution in [0.5, 0.6) is 0 Å². The van der Waals surface area contributed by atoms with Crippen LogP contribution in [-0.4, -0.2) is 33.2 Å². The molecule has 0 fully saturated rings. The summed E-state index contributed by atoms with van der Waals surface area (Å²) >= 11 is 0. The molecule has 0 amide bonds. The van der Waals surface area contributed by atoms with E-state index < -0.39 is 51.4 Å². The van der Waals surface area contributed by atoms with E-state index in [-0.39, 0.29) is 6.42 Å². The summed E-state index contributed by atoms with van der Waals surface area (Å²) in [6, 6.07) is -2.23. The Kier molecular flexibility index (Phi) is 8.62.